The zero-order valence-electron chi connectivity index (χ0n) is 17.2. The summed E-state index contributed by atoms with van der Waals surface area (Å²) in [6.45, 7) is 2.70. The Bertz CT molecular complexity index is 1100. The molecular formula is C21H23FIN3O4S. The van der Waals surface area contributed by atoms with Gasteiger partial charge in [0.05, 0.1) is 23.2 Å². The van der Waals surface area contributed by atoms with E-state index in [1.165, 1.54) is 35.6 Å². The molecule has 166 valence electrons. The molecule has 7 nitrogen and oxygen atoms in total. The van der Waals surface area contributed by atoms with Crippen LogP contribution in [0.5, 0.6) is 0 Å². The summed E-state index contributed by atoms with van der Waals surface area (Å²) in [4.78, 5) is 17.2. The SMILES string of the molecule is CCCCCN(Cc1nc2oc(-c3ccc(F)cc3)c(C(=O)NC)c2cc1I)S(=O)O. The highest BCUT2D eigenvalue weighted by Gasteiger charge is 2.24. The molecule has 0 fully saturated rings. The number of benzene rings is 1. The minimum atomic E-state index is -2.13. The molecule has 3 rings (SSSR count). The first-order valence-electron chi connectivity index (χ1n) is 9.81. The van der Waals surface area contributed by atoms with Gasteiger partial charge < -0.3 is 9.73 Å². The zero-order chi connectivity index (χ0) is 22.5. The Morgan fingerprint density at radius 3 is 2.65 bits per heavy atom. The van der Waals surface area contributed by atoms with Crippen LogP contribution in [0, 0.1) is 9.39 Å². The number of hydrogen-bond acceptors (Lipinski definition) is 4. The second-order valence-electron chi connectivity index (χ2n) is 6.96. The van der Waals surface area contributed by atoms with E-state index < -0.39 is 17.1 Å². The number of nitrogens with zero attached hydrogens (tertiary/aromatic N) is 2. The summed E-state index contributed by atoms with van der Waals surface area (Å²) in [5, 5.41) is 3.13. The molecule has 1 aromatic carbocycles. The van der Waals surface area contributed by atoms with Gasteiger partial charge in [0, 0.05) is 22.7 Å². The fourth-order valence-corrected chi connectivity index (χ4v) is 4.34. The summed E-state index contributed by atoms with van der Waals surface area (Å²) in [5.41, 5.74) is 1.68. The van der Waals surface area contributed by atoms with Crippen molar-refractivity contribution in [3.8, 4) is 11.3 Å². The molecule has 1 amide bonds. The standard InChI is InChI=1S/C21H23FIN3O4S/c1-3-4-5-10-26(31(28)29)12-17-16(23)11-15-18(20(27)24-2)19(30-21(15)25-17)13-6-8-14(22)9-7-13/h6-9,11H,3-5,10,12H2,1-2H3,(H,24,27)(H,28,29). The van der Waals surface area contributed by atoms with Crippen LogP contribution in [-0.2, 0) is 17.8 Å². The van der Waals surface area contributed by atoms with Crippen LogP contribution >= 0.6 is 22.6 Å². The van der Waals surface area contributed by atoms with Gasteiger partial charge in [-0.3, -0.25) is 9.35 Å². The van der Waals surface area contributed by atoms with E-state index >= 15 is 0 Å². The topological polar surface area (TPSA) is 95.7 Å². The summed E-state index contributed by atoms with van der Waals surface area (Å²) >= 11 is -0.0314. The van der Waals surface area contributed by atoms with Crippen LogP contribution in [0.1, 0.15) is 42.2 Å². The highest BCUT2D eigenvalue weighted by molar-refractivity contribution is 14.1. The molecule has 10 heteroatoms. The van der Waals surface area contributed by atoms with Gasteiger partial charge >= 0.3 is 0 Å². The van der Waals surface area contributed by atoms with Crippen molar-refractivity contribution in [2.24, 2.45) is 0 Å². The molecule has 1 unspecified atom stereocenters. The molecule has 0 saturated carbocycles. The van der Waals surface area contributed by atoms with Crippen molar-refractivity contribution in [2.75, 3.05) is 13.6 Å². The number of carbonyl (C=O) groups is 1. The molecule has 0 bridgehead atoms. The van der Waals surface area contributed by atoms with Crippen LogP contribution in [0.3, 0.4) is 0 Å². The number of unbranched alkanes of at least 4 members (excludes halogenated alkanes) is 2. The molecular weight excluding hydrogens is 536 g/mol. The lowest BCUT2D eigenvalue weighted by Crippen LogP contribution is -2.27. The lowest BCUT2D eigenvalue weighted by atomic mass is 10.1. The van der Waals surface area contributed by atoms with Gasteiger partial charge in [0.1, 0.15) is 11.6 Å². The molecule has 0 saturated heterocycles. The Balaban J connectivity index is 2.05. The number of carbonyl (C=O) groups excluding carboxylic acids is 1. The molecule has 1 atom stereocenters. The second-order valence-corrected chi connectivity index (χ2v) is 9.10. The van der Waals surface area contributed by atoms with Gasteiger partial charge in [-0.1, -0.05) is 19.8 Å². The van der Waals surface area contributed by atoms with E-state index in [0.717, 1.165) is 22.8 Å². The number of nitrogens with one attached hydrogen (secondary N) is 1. The third-order valence-corrected chi connectivity index (χ3v) is 6.51. The Hall–Kier alpha value is -1.89. The first-order valence-corrected chi connectivity index (χ1v) is 12.0. The highest BCUT2D eigenvalue weighted by Crippen LogP contribution is 2.34. The maximum atomic E-state index is 13.4. The van der Waals surface area contributed by atoms with Crippen molar-refractivity contribution in [2.45, 2.75) is 32.7 Å². The van der Waals surface area contributed by atoms with Crippen molar-refractivity contribution in [1.29, 1.82) is 0 Å². The van der Waals surface area contributed by atoms with Crippen LogP contribution in [0.2, 0.25) is 0 Å². The molecule has 2 heterocycles. The molecule has 0 aliphatic rings. The van der Waals surface area contributed by atoms with Crippen molar-refractivity contribution in [3.05, 3.63) is 51.0 Å². The summed E-state index contributed by atoms with van der Waals surface area (Å²) in [5.74, 6) is -0.446. The average molecular weight is 559 g/mol. The van der Waals surface area contributed by atoms with Gasteiger partial charge in [-0.25, -0.2) is 13.6 Å². The normalized spacial score (nSPS) is 12.5. The Morgan fingerprint density at radius 2 is 2.03 bits per heavy atom. The van der Waals surface area contributed by atoms with Crippen LogP contribution in [0.4, 0.5) is 4.39 Å². The Kier molecular flexibility index (Phi) is 8.14. The van der Waals surface area contributed by atoms with E-state index in [1.54, 1.807) is 6.07 Å². The molecule has 2 aromatic heterocycles. The van der Waals surface area contributed by atoms with E-state index in [0.29, 0.717) is 34.5 Å². The third-order valence-electron chi connectivity index (χ3n) is 4.83. The molecule has 31 heavy (non-hydrogen) atoms. The van der Waals surface area contributed by atoms with Crippen LogP contribution in [0.25, 0.3) is 22.4 Å². The van der Waals surface area contributed by atoms with Gasteiger partial charge in [0.25, 0.3) is 5.91 Å². The number of fused-ring (bicyclic) bond motifs is 1. The second kappa shape index (κ2) is 10.6. The summed E-state index contributed by atoms with van der Waals surface area (Å²) in [6, 6.07) is 7.45. The van der Waals surface area contributed by atoms with E-state index in [4.69, 9.17) is 4.42 Å². The first-order chi connectivity index (χ1) is 14.8. The van der Waals surface area contributed by atoms with Crippen molar-refractivity contribution < 1.29 is 22.4 Å². The molecule has 0 aliphatic carbocycles. The number of amides is 1. The predicted octanol–water partition coefficient (Wildman–Crippen LogP) is 4.73. The maximum Gasteiger partial charge on any atom is 0.255 e. The Morgan fingerprint density at radius 1 is 1.32 bits per heavy atom. The lowest BCUT2D eigenvalue weighted by Gasteiger charge is -2.17. The van der Waals surface area contributed by atoms with Crippen LogP contribution in [-0.4, -0.2) is 37.6 Å². The molecule has 2 N–H and O–H groups in total. The zero-order valence-corrected chi connectivity index (χ0v) is 20.1. The summed E-state index contributed by atoms with van der Waals surface area (Å²) < 4.78 is 42.9. The monoisotopic (exact) mass is 559 g/mol. The summed E-state index contributed by atoms with van der Waals surface area (Å²) in [6.07, 6.45) is 2.78. The maximum absolute atomic E-state index is 13.4. The first kappa shape index (κ1) is 23.8. The van der Waals surface area contributed by atoms with Gasteiger partial charge in [0.15, 0.2) is 0 Å². The molecule has 0 aliphatic heterocycles. The predicted molar refractivity (Wildman–Crippen MR) is 126 cm³/mol. The van der Waals surface area contributed by atoms with Crippen LogP contribution < -0.4 is 5.32 Å². The number of pyridine rings is 1. The molecule has 0 radical (unpaired) electrons. The van der Waals surface area contributed by atoms with E-state index in [9.17, 15) is 17.9 Å². The third kappa shape index (κ3) is 5.48. The quantitative estimate of drug-likeness (QED) is 0.225. The Labute approximate surface area is 196 Å². The average Bonchev–Trinajstić information content (AvgIpc) is 3.11. The number of halogens is 2. The number of hydrogen-bond donors (Lipinski definition) is 2. The van der Waals surface area contributed by atoms with Gasteiger partial charge in [-0.2, -0.15) is 4.31 Å². The smallest absolute Gasteiger partial charge is 0.255 e. The summed E-state index contributed by atoms with van der Waals surface area (Å²) in [7, 11) is 1.52. The van der Waals surface area contributed by atoms with Gasteiger partial charge in [0.2, 0.25) is 17.0 Å². The number of furan rings is 1. The fourth-order valence-electron chi connectivity index (χ4n) is 3.22. The van der Waals surface area contributed by atoms with Crippen LogP contribution in [0.15, 0.2) is 34.7 Å². The lowest BCUT2D eigenvalue weighted by molar-refractivity contribution is 0.0964. The number of rotatable bonds is 9. The highest BCUT2D eigenvalue weighted by atomic mass is 127. The van der Waals surface area contributed by atoms with Crippen molar-refractivity contribution in [3.63, 3.8) is 0 Å². The largest absolute Gasteiger partial charge is 0.437 e. The van der Waals surface area contributed by atoms with E-state index in [1.807, 2.05) is 0 Å². The fraction of sp³-hybridized carbons (Fsp3) is 0.333. The van der Waals surface area contributed by atoms with Gasteiger partial charge in [-0.05, 0) is 59.3 Å². The van der Waals surface area contributed by atoms with Crippen molar-refractivity contribution >= 4 is 50.9 Å². The molecule has 3 aromatic rings. The molecule has 0 spiro atoms. The van der Waals surface area contributed by atoms with Gasteiger partial charge in [-0.15, -0.1) is 0 Å². The van der Waals surface area contributed by atoms with Crippen molar-refractivity contribution in [1.82, 2.24) is 14.6 Å². The van der Waals surface area contributed by atoms with E-state index in [2.05, 4.69) is 39.8 Å². The minimum Gasteiger partial charge on any atom is -0.437 e. The minimum absolute atomic E-state index is 0.170. The number of aromatic nitrogens is 1. The van der Waals surface area contributed by atoms with E-state index in [-0.39, 0.29) is 18.2 Å².